The van der Waals surface area contributed by atoms with Gasteiger partial charge in [-0.1, -0.05) is 0 Å². The molecule has 0 unspecified atom stereocenters. The van der Waals surface area contributed by atoms with E-state index < -0.39 is 0 Å². The Labute approximate surface area is 99.6 Å². The summed E-state index contributed by atoms with van der Waals surface area (Å²) in [6.07, 6.45) is -0.150. The minimum Gasteiger partial charge on any atom is -0.325 e. The van der Waals surface area contributed by atoms with Crippen molar-refractivity contribution in [3.8, 4) is 6.07 Å². The Kier molecular flexibility index (Phi) is 2.88. The lowest BCUT2D eigenvalue weighted by Gasteiger charge is -2.01. The van der Waals surface area contributed by atoms with Crippen LogP contribution in [0.3, 0.4) is 0 Å². The molecule has 0 bridgehead atoms. The molecule has 2 N–H and O–H groups in total. The molecular formula is C10H7BrN4O. The van der Waals surface area contributed by atoms with Gasteiger partial charge in [-0.25, -0.2) is 0 Å². The van der Waals surface area contributed by atoms with Crippen molar-refractivity contribution in [2.75, 3.05) is 5.32 Å². The number of nitriles is 1. The second-order valence-corrected chi connectivity index (χ2v) is 3.95. The zero-order chi connectivity index (χ0) is 11.5. The van der Waals surface area contributed by atoms with Crippen LogP contribution in [0.4, 0.5) is 5.69 Å². The monoisotopic (exact) mass is 278 g/mol. The number of halogens is 1. The van der Waals surface area contributed by atoms with E-state index in [1.807, 2.05) is 6.07 Å². The van der Waals surface area contributed by atoms with Crippen LogP contribution in [-0.2, 0) is 4.79 Å². The number of hydrogen-bond acceptors (Lipinski definition) is 3. The van der Waals surface area contributed by atoms with Gasteiger partial charge in [-0.15, -0.1) is 0 Å². The van der Waals surface area contributed by atoms with E-state index in [-0.39, 0.29) is 12.3 Å². The summed E-state index contributed by atoms with van der Waals surface area (Å²) in [6.45, 7) is 0. The summed E-state index contributed by atoms with van der Waals surface area (Å²) in [7, 11) is 0. The number of carbonyl (C=O) groups is 1. The number of carbonyl (C=O) groups excluding carboxylic acids is 1. The molecule has 1 aromatic heterocycles. The summed E-state index contributed by atoms with van der Waals surface area (Å²) < 4.78 is 0.803. The Morgan fingerprint density at radius 2 is 2.44 bits per heavy atom. The molecule has 0 aliphatic carbocycles. The SMILES string of the molecule is N#CCC(=O)Nc1ccc2c(Br)[nH]nc2c1. The highest BCUT2D eigenvalue weighted by molar-refractivity contribution is 9.10. The first-order valence-corrected chi connectivity index (χ1v) is 5.30. The number of fused-ring (bicyclic) bond motifs is 1. The van der Waals surface area contributed by atoms with Crippen LogP contribution < -0.4 is 5.32 Å². The maximum atomic E-state index is 11.2. The molecule has 0 atom stereocenters. The second kappa shape index (κ2) is 4.33. The van der Waals surface area contributed by atoms with Gasteiger partial charge in [-0.05, 0) is 34.1 Å². The standard InChI is InChI=1S/C10H7BrN4O/c11-10-7-2-1-6(5-8(7)14-15-10)13-9(16)3-4-12/h1-2,5H,3H2,(H,13,16)(H,14,15). The van der Waals surface area contributed by atoms with E-state index in [0.29, 0.717) is 5.69 Å². The third-order valence-electron chi connectivity index (χ3n) is 2.03. The number of H-pyrrole nitrogens is 1. The largest absolute Gasteiger partial charge is 0.325 e. The molecule has 0 spiro atoms. The molecule has 1 heterocycles. The van der Waals surface area contributed by atoms with Crippen LogP contribution in [0.5, 0.6) is 0 Å². The number of nitrogens with one attached hydrogen (secondary N) is 2. The van der Waals surface area contributed by atoms with Crippen molar-refractivity contribution in [3.63, 3.8) is 0 Å². The van der Waals surface area contributed by atoms with Crippen LogP contribution in [0.2, 0.25) is 0 Å². The van der Waals surface area contributed by atoms with Crippen LogP contribution in [0.15, 0.2) is 22.8 Å². The summed E-state index contributed by atoms with van der Waals surface area (Å²) in [6, 6.07) is 7.13. The molecule has 0 radical (unpaired) electrons. The van der Waals surface area contributed by atoms with Gasteiger partial charge in [0.25, 0.3) is 0 Å². The van der Waals surface area contributed by atoms with Crippen LogP contribution in [0.1, 0.15) is 6.42 Å². The number of rotatable bonds is 2. The van der Waals surface area contributed by atoms with Gasteiger partial charge in [0.1, 0.15) is 11.0 Å². The molecule has 6 heteroatoms. The quantitative estimate of drug-likeness (QED) is 0.883. The van der Waals surface area contributed by atoms with E-state index >= 15 is 0 Å². The number of hydrogen-bond donors (Lipinski definition) is 2. The van der Waals surface area contributed by atoms with Crippen LogP contribution in [0.25, 0.3) is 10.9 Å². The number of amides is 1. The zero-order valence-corrected chi connectivity index (χ0v) is 9.71. The van der Waals surface area contributed by atoms with E-state index in [1.165, 1.54) is 0 Å². The number of nitrogens with zero attached hydrogens (tertiary/aromatic N) is 2. The molecule has 80 valence electrons. The van der Waals surface area contributed by atoms with Crippen LogP contribution in [-0.4, -0.2) is 16.1 Å². The minimum atomic E-state index is -0.323. The molecule has 2 aromatic rings. The molecule has 0 aliphatic heterocycles. The lowest BCUT2D eigenvalue weighted by Crippen LogP contribution is -2.09. The average Bonchev–Trinajstić information content (AvgIpc) is 2.60. The summed E-state index contributed by atoms with van der Waals surface area (Å²) >= 11 is 3.32. The first-order chi connectivity index (χ1) is 7.70. The van der Waals surface area contributed by atoms with E-state index in [4.69, 9.17) is 5.26 Å². The normalized spacial score (nSPS) is 10.0. The molecular weight excluding hydrogens is 272 g/mol. The van der Waals surface area contributed by atoms with Crippen LogP contribution in [0, 0.1) is 11.3 Å². The van der Waals surface area contributed by atoms with Gasteiger partial charge in [0.15, 0.2) is 0 Å². The lowest BCUT2D eigenvalue weighted by atomic mass is 10.2. The fourth-order valence-corrected chi connectivity index (χ4v) is 1.76. The molecule has 0 fully saturated rings. The van der Waals surface area contributed by atoms with Crippen molar-refractivity contribution in [1.82, 2.24) is 10.2 Å². The molecule has 16 heavy (non-hydrogen) atoms. The average molecular weight is 279 g/mol. The Bertz CT molecular complexity index is 584. The summed E-state index contributed by atoms with van der Waals surface area (Å²) in [5, 5.41) is 18.7. The van der Waals surface area contributed by atoms with Gasteiger partial charge in [-0.3, -0.25) is 9.89 Å². The highest BCUT2D eigenvalue weighted by atomic mass is 79.9. The number of aromatic nitrogens is 2. The van der Waals surface area contributed by atoms with Crippen molar-refractivity contribution in [3.05, 3.63) is 22.8 Å². The summed E-state index contributed by atoms with van der Waals surface area (Å²) in [5.74, 6) is -0.323. The number of aromatic amines is 1. The van der Waals surface area contributed by atoms with Gasteiger partial charge >= 0.3 is 0 Å². The van der Waals surface area contributed by atoms with Crippen molar-refractivity contribution in [2.24, 2.45) is 0 Å². The zero-order valence-electron chi connectivity index (χ0n) is 8.12. The molecule has 5 nitrogen and oxygen atoms in total. The van der Waals surface area contributed by atoms with E-state index in [9.17, 15) is 4.79 Å². The fourth-order valence-electron chi connectivity index (χ4n) is 1.33. The molecule has 1 aromatic carbocycles. The Hall–Kier alpha value is -1.87. The van der Waals surface area contributed by atoms with Gasteiger partial charge in [-0.2, -0.15) is 10.4 Å². The van der Waals surface area contributed by atoms with Crippen molar-refractivity contribution in [1.29, 1.82) is 5.26 Å². The van der Waals surface area contributed by atoms with Crippen LogP contribution >= 0.6 is 15.9 Å². The first-order valence-electron chi connectivity index (χ1n) is 4.51. The van der Waals surface area contributed by atoms with Crippen molar-refractivity contribution < 1.29 is 4.79 Å². The van der Waals surface area contributed by atoms with E-state index in [0.717, 1.165) is 15.5 Å². The molecule has 1 amide bonds. The Balaban J connectivity index is 2.27. The third-order valence-corrected chi connectivity index (χ3v) is 2.64. The summed E-state index contributed by atoms with van der Waals surface area (Å²) in [5.41, 5.74) is 1.38. The Morgan fingerprint density at radius 1 is 1.62 bits per heavy atom. The molecule has 0 aliphatic rings. The van der Waals surface area contributed by atoms with Crippen molar-refractivity contribution >= 4 is 38.4 Å². The third kappa shape index (κ3) is 2.04. The van der Waals surface area contributed by atoms with Crippen molar-refractivity contribution in [2.45, 2.75) is 6.42 Å². The van der Waals surface area contributed by atoms with E-state index in [1.54, 1.807) is 18.2 Å². The first kappa shape index (κ1) is 10.6. The van der Waals surface area contributed by atoms with Gasteiger partial charge in [0.2, 0.25) is 5.91 Å². The Morgan fingerprint density at radius 3 is 3.19 bits per heavy atom. The predicted molar refractivity (Wildman–Crippen MR) is 62.7 cm³/mol. The smallest absolute Gasteiger partial charge is 0.238 e. The van der Waals surface area contributed by atoms with Gasteiger partial charge in [0.05, 0.1) is 11.6 Å². The highest BCUT2D eigenvalue weighted by Crippen LogP contribution is 2.23. The highest BCUT2D eigenvalue weighted by Gasteiger charge is 2.05. The molecule has 0 saturated heterocycles. The molecule has 0 saturated carbocycles. The fraction of sp³-hybridized carbons (Fsp3) is 0.100. The van der Waals surface area contributed by atoms with Gasteiger partial charge in [0, 0.05) is 11.1 Å². The number of benzene rings is 1. The maximum Gasteiger partial charge on any atom is 0.238 e. The van der Waals surface area contributed by atoms with E-state index in [2.05, 4.69) is 31.4 Å². The maximum absolute atomic E-state index is 11.2. The lowest BCUT2D eigenvalue weighted by molar-refractivity contribution is -0.115. The van der Waals surface area contributed by atoms with Gasteiger partial charge < -0.3 is 5.32 Å². The molecule has 2 rings (SSSR count). The number of anilines is 1. The topological polar surface area (TPSA) is 81.6 Å². The second-order valence-electron chi connectivity index (χ2n) is 3.15. The minimum absolute atomic E-state index is 0.150. The predicted octanol–water partition coefficient (Wildman–Crippen LogP) is 2.18. The summed E-state index contributed by atoms with van der Waals surface area (Å²) in [4.78, 5) is 11.2.